The number of carbonyl (C=O) groups excluding carboxylic acids is 1. The number of carbonyl (C=O) groups is 1. The summed E-state index contributed by atoms with van der Waals surface area (Å²) in [6, 6.07) is 13.8. The Hall–Kier alpha value is -2.77. The van der Waals surface area contributed by atoms with Crippen LogP contribution in [0.1, 0.15) is 44.2 Å². The predicted molar refractivity (Wildman–Crippen MR) is 144 cm³/mol. The van der Waals surface area contributed by atoms with Crippen molar-refractivity contribution in [3.05, 3.63) is 71.2 Å². The summed E-state index contributed by atoms with van der Waals surface area (Å²) in [7, 11) is 0. The van der Waals surface area contributed by atoms with E-state index in [2.05, 4.69) is 32.6 Å². The van der Waals surface area contributed by atoms with Crippen molar-refractivity contribution in [1.82, 2.24) is 4.90 Å². The summed E-state index contributed by atoms with van der Waals surface area (Å²) in [6.07, 6.45) is 4.60. The summed E-state index contributed by atoms with van der Waals surface area (Å²) >= 11 is 6.60. The Morgan fingerprint density at radius 1 is 1.06 bits per heavy atom. The molecular weight excluding hydrogens is 466 g/mol. The van der Waals surface area contributed by atoms with Gasteiger partial charge in [0, 0.05) is 6.54 Å². The number of benzene rings is 2. The van der Waals surface area contributed by atoms with Crippen molar-refractivity contribution in [2.75, 3.05) is 26.4 Å². The van der Waals surface area contributed by atoms with Gasteiger partial charge in [0.25, 0.3) is 5.91 Å². The first-order chi connectivity index (χ1) is 16.5. The molecule has 0 bridgehead atoms. The summed E-state index contributed by atoms with van der Waals surface area (Å²) in [6.45, 7) is 11.7. The number of rotatable bonds is 12. The van der Waals surface area contributed by atoms with E-state index in [4.69, 9.17) is 26.4 Å². The third-order valence-corrected chi connectivity index (χ3v) is 6.80. The summed E-state index contributed by atoms with van der Waals surface area (Å²) in [5.41, 5.74) is 2.16. The lowest BCUT2D eigenvalue weighted by Crippen LogP contribution is -2.27. The van der Waals surface area contributed by atoms with E-state index in [-0.39, 0.29) is 5.91 Å². The van der Waals surface area contributed by atoms with Crippen LogP contribution in [0.4, 0.5) is 0 Å². The van der Waals surface area contributed by atoms with Gasteiger partial charge in [-0.05, 0) is 60.7 Å². The van der Waals surface area contributed by atoms with Crippen LogP contribution in [0.3, 0.4) is 0 Å². The quantitative estimate of drug-likeness (QED) is 0.145. The molecule has 0 aliphatic carbocycles. The molecule has 5 nitrogen and oxygen atoms in total. The minimum Gasteiger partial charge on any atom is -0.490 e. The smallest absolute Gasteiger partial charge is 0.266 e. The van der Waals surface area contributed by atoms with Gasteiger partial charge in [-0.25, -0.2) is 0 Å². The molecule has 1 heterocycles. The fraction of sp³-hybridized carbons (Fsp3) is 0.333. The van der Waals surface area contributed by atoms with Gasteiger partial charge in [-0.2, -0.15) is 0 Å². The van der Waals surface area contributed by atoms with Gasteiger partial charge in [0.2, 0.25) is 0 Å². The topological polar surface area (TPSA) is 48.0 Å². The van der Waals surface area contributed by atoms with Gasteiger partial charge in [0.05, 0.1) is 11.5 Å². The summed E-state index contributed by atoms with van der Waals surface area (Å²) in [5, 5.41) is 0. The summed E-state index contributed by atoms with van der Waals surface area (Å²) in [4.78, 5) is 14.7. The highest BCUT2D eigenvalue weighted by atomic mass is 32.2. The lowest BCUT2D eigenvalue weighted by Gasteiger charge is -2.14. The standard InChI is InChI=1S/C27H31NO4S2/c1-5-14-28-26(29)25(34-27(28)33)18-20-8-13-23(24(17-20)30-7-3)32-16-15-31-22-11-9-21(10-12-22)19(4)6-2/h5,8-13,17-19H,1,6-7,14-16H2,2-4H3. The number of thiocarbonyl (C=S) groups is 1. The maximum absolute atomic E-state index is 12.6. The molecule has 7 heteroatoms. The molecule has 1 aliphatic heterocycles. The van der Waals surface area contributed by atoms with Crippen LogP contribution >= 0.6 is 24.0 Å². The molecule has 1 atom stereocenters. The van der Waals surface area contributed by atoms with Crippen molar-refractivity contribution >= 4 is 40.3 Å². The van der Waals surface area contributed by atoms with Gasteiger partial charge in [0.1, 0.15) is 23.3 Å². The van der Waals surface area contributed by atoms with Crippen LogP contribution in [-0.2, 0) is 4.79 Å². The maximum atomic E-state index is 12.6. The van der Waals surface area contributed by atoms with E-state index in [9.17, 15) is 4.79 Å². The van der Waals surface area contributed by atoms with Crippen molar-refractivity contribution in [3.8, 4) is 17.2 Å². The summed E-state index contributed by atoms with van der Waals surface area (Å²) < 4.78 is 18.1. The second-order valence-electron chi connectivity index (χ2n) is 7.80. The minimum atomic E-state index is -0.109. The number of thioether (sulfide) groups is 1. The lowest BCUT2D eigenvalue weighted by molar-refractivity contribution is -0.121. The van der Waals surface area contributed by atoms with Crippen molar-refractivity contribution < 1.29 is 19.0 Å². The highest BCUT2D eigenvalue weighted by Gasteiger charge is 2.31. The average Bonchev–Trinajstić information content (AvgIpc) is 3.10. The van der Waals surface area contributed by atoms with Crippen LogP contribution in [0.25, 0.3) is 6.08 Å². The van der Waals surface area contributed by atoms with E-state index in [0.717, 1.165) is 17.7 Å². The molecule has 0 saturated carbocycles. The van der Waals surface area contributed by atoms with Crippen molar-refractivity contribution in [2.45, 2.75) is 33.1 Å². The number of amides is 1. The van der Waals surface area contributed by atoms with Crippen LogP contribution < -0.4 is 14.2 Å². The van der Waals surface area contributed by atoms with Gasteiger partial charge in [0.15, 0.2) is 11.5 Å². The third kappa shape index (κ3) is 6.64. The Balaban J connectivity index is 1.60. The molecule has 0 radical (unpaired) electrons. The van der Waals surface area contributed by atoms with Crippen LogP contribution in [0.5, 0.6) is 17.2 Å². The number of ether oxygens (including phenoxy) is 3. The van der Waals surface area contributed by atoms with E-state index >= 15 is 0 Å². The first-order valence-corrected chi connectivity index (χ1v) is 12.7. The molecule has 34 heavy (non-hydrogen) atoms. The normalized spacial score (nSPS) is 15.5. The second kappa shape index (κ2) is 12.6. The van der Waals surface area contributed by atoms with Crippen molar-refractivity contribution in [2.24, 2.45) is 0 Å². The minimum absolute atomic E-state index is 0.109. The average molecular weight is 498 g/mol. The van der Waals surface area contributed by atoms with Crippen molar-refractivity contribution in [3.63, 3.8) is 0 Å². The predicted octanol–water partition coefficient (Wildman–Crippen LogP) is 6.44. The molecule has 3 rings (SSSR count). The third-order valence-electron chi connectivity index (χ3n) is 5.42. The Labute approximate surface area is 211 Å². The SMILES string of the molecule is C=CCN1C(=O)C(=Cc2ccc(OCCOc3ccc(C(C)CC)cc3)c(OCC)c2)SC1=S. The van der Waals surface area contributed by atoms with E-state index < -0.39 is 0 Å². The van der Waals surface area contributed by atoms with Crippen LogP contribution in [-0.4, -0.2) is 41.5 Å². The molecule has 1 aliphatic rings. The largest absolute Gasteiger partial charge is 0.490 e. The molecule has 2 aromatic carbocycles. The van der Waals surface area contributed by atoms with Gasteiger partial charge < -0.3 is 14.2 Å². The van der Waals surface area contributed by atoms with Crippen LogP contribution in [0.15, 0.2) is 60.0 Å². The van der Waals surface area contributed by atoms with E-state index in [0.29, 0.717) is 53.0 Å². The zero-order valence-corrected chi connectivity index (χ0v) is 21.5. The highest BCUT2D eigenvalue weighted by molar-refractivity contribution is 8.26. The highest BCUT2D eigenvalue weighted by Crippen LogP contribution is 2.35. The molecule has 1 unspecified atom stereocenters. The molecule has 180 valence electrons. The molecule has 1 saturated heterocycles. The van der Waals surface area contributed by atoms with E-state index in [1.807, 2.05) is 43.3 Å². The Morgan fingerprint density at radius 2 is 1.79 bits per heavy atom. The van der Waals surface area contributed by atoms with Crippen molar-refractivity contribution in [1.29, 1.82) is 0 Å². The monoisotopic (exact) mass is 497 g/mol. The fourth-order valence-corrected chi connectivity index (χ4v) is 4.65. The molecule has 1 amide bonds. The van der Waals surface area contributed by atoms with Gasteiger partial charge in [-0.3, -0.25) is 9.69 Å². The first kappa shape index (κ1) is 25.8. The van der Waals surface area contributed by atoms with E-state index in [1.54, 1.807) is 6.08 Å². The zero-order valence-electron chi connectivity index (χ0n) is 19.9. The number of nitrogens with zero attached hydrogens (tertiary/aromatic N) is 1. The molecule has 0 N–H and O–H groups in total. The molecule has 0 aromatic heterocycles. The fourth-order valence-electron chi connectivity index (χ4n) is 3.38. The molecule has 0 spiro atoms. The van der Waals surface area contributed by atoms with Gasteiger partial charge in [-0.15, -0.1) is 6.58 Å². The Bertz CT molecular complexity index is 1050. The second-order valence-corrected chi connectivity index (χ2v) is 9.47. The van der Waals surface area contributed by atoms with Crippen LogP contribution in [0.2, 0.25) is 0 Å². The zero-order chi connectivity index (χ0) is 24.5. The summed E-state index contributed by atoms with van der Waals surface area (Å²) in [5.74, 6) is 2.51. The molecule has 2 aromatic rings. The first-order valence-electron chi connectivity index (χ1n) is 11.5. The Kier molecular flexibility index (Phi) is 9.60. The lowest BCUT2D eigenvalue weighted by atomic mass is 9.99. The molecular formula is C27H31NO4S2. The van der Waals surface area contributed by atoms with Gasteiger partial charge >= 0.3 is 0 Å². The maximum Gasteiger partial charge on any atom is 0.266 e. The van der Waals surface area contributed by atoms with Gasteiger partial charge in [-0.1, -0.05) is 62.1 Å². The van der Waals surface area contributed by atoms with Crippen LogP contribution in [0, 0.1) is 0 Å². The number of hydrogen-bond acceptors (Lipinski definition) is 6. The Morgan fingerprint density at radius 3 is 2.47 bits per heavy atom. The molecule has 1 fully saturated rings. The van der Waals surface area contributed by atoms with E-state index in [1.165, 1.54) is 22.2 Å². The number of hydrogen-bond donors (Lipinski definition) is 0.